The number of halogens is 5. The molecule has 0 saturated carbocycles. The first-order valence-electron chi connectivity index (χ1n) is 8.78. The Morgan fingerprint density at radius 3 is 2.45 bits per heavy atom. The molecule has 1 fully saturated rings. The highest BCUT2D eigenvalue weighted by atomic mass is 35.5. The first-order valence-corrected chi connectivity index (χ1v) is 9.16. The molecular weight excluding hydrogens is 416 g/mol. The standard InChI is InChI=1S/C18H19ClF4N4O2/c1-11-16(20)17(18(21,22)23)24-27(11)10-15(28)26-7-5-25(6-8-26)12-3-4-13(19)14(9-12)29-2/h3-4,9H,5-8,10H2,1-2H3. The maximum Gasteiger partial charge on any atom is 0.438 e. The number of amides is 1. The van der Waals surface area contributed by atoms with Gasteiger partial charge in [-0.2, -0.15) is 18.3 Å². The highest BCUT2D eigenvalue weighted by molar-refractivity contribution is 6.32. The Balaban J connectivity index is 1.64. The molecule has 1 aromatic heterocycles. The number of carbonyl (C=O) groups is 1. The van der Waals surface area contributed by atoms with Gasteiger partial charge in [-0.15, -0.1) is 0 Å². The number of hydrogen-bond donors (Lipinski definition) is 0. The fraction of sp³-hybridized carbons (Fsp3) is 0.444. The predicted octanol–water partition coefficient (Wildman–Crippen LogP) is 3.36. The van der Waals surface area contributed by atoms with Crippen LogP contribution >= 0.6 is 11.6 Å². The topological polar surface area (TPSA) is 50.6 Å². The molecule has 0 radical (unpaired) electrons. The van der Waals surface area contributed by atoms with E-state index in [-0.39, 0.29) is 5.69 Å². The van der Waals surface area contributed by atoms with Crippen LogP contribution in [0.2, 0.25) is 5.02 Å². The van der Waals surface area contributed by atoms with E-state index in [1.807, 2.05) is 11.0 Å². The lowest BCUT2D eigenvalue weighted by molar-refractivity contribution is -0.144. The lowest BCUT2D eigenvalue weighted by atomic mass is 10.2. The van der Waals surface area contributed by atoms with Crippen molar-refractivity contribution in [1.82, 2.24) is 14.7 Å². The summed E-state index contributed by atoms with van der Waals surface area (Å²) < 4.78 is 58.1. The van der Waals surface area contributed by atoms with Gasteiger partial charge in [0.15, 0.2) is 5.82 Å². The summed E-state index contributed by atoms with van der Waals surface area (Å²) in [6.07, 6.45) is -4.91. The van der Waals surface area contributed by atoms with Crippen LogP contribution in [-0.4, -0.2) is 53.9 Å². The van der Waals surface area contributed by atoms with Crippen molar-refractivity contribution in [3.8, 4) is 5.75 Å². The molecule has 1 saturated heterocycles. The lowest BCUT2D eigenvalue weighted by Crippen LogP contribution is -2.49. The van der Waals surface area contributed by atoms with Crippen molar-refractivity contribution in [1.29, 1.82) is 0 Å². The second kappa shape index (κ2) is 8.10. The van der Waals surface area contributed by atoms with Crippen molar-refractivity contribution in [3.63, 3.8) is 0 Å². The maximum absolute atomic E-state index is 13.8. The summed E-state index contributed by atoms with van der Waals surface area (Å²) in [6, 6.07) is 5.37. The van der Waals surface area contributed by atoms with E-state index in [2.05, 4.69) is 5.10 Å². The van der Waals surface area contributed by atoms with Crippen LogP contribution in [0.15, 0.2) is 18.2 Å². The van der Waals surface area contributed by atoms with Gasteiger partial charge in [0, 0.05) is 37.9 Å². The van der Waals surface area contributed by atoms with E-state index < -0.39 is 30.1 Å². The number of aromatic nitrogens is 2. The number of anilines is 1. The Morgan fingerprint density at radius 2 is 1.90 bits per heavy atom. The number of alkyl halides is 3. The van der Waals surface area contributed by atoms with Crippen LogP contribution < -0.4 is 9.64 Å². The SMILES string of the molecule is COc1cc(N2CCN(C(=O)Cn3nc(C(F)(F)F)c(F)c3C)CC2)ccc1Cl. The van der Waals surface area contributed by atoms with Crippen LogP contribution in [-0.2, 0) is 17.5 Å². The van der Waals surface area contributed by atoms with Gasteiger partial charge >= 0.3 is 6.18 Å². The molecule has 158 valence electrons. The number of carbonyl (C=O) groups excluding carboxylic acids is 1. The maximum atomic E-state index is 13.8. The van der Waals surface area contributed by atoms with Crippen LogP contribution in [0.3, 0.4) is 0 Å². The van der Waals surface area contributed by atoms with Gasteiger partial charge < -0.3 is 14.5 Å². The van der Waals surface area contributed by atoms with E-state index in [0.717, 1.165) is 17.3 Å². The third-order valence-electron chi connectivity index (χ3n) is 4.82. The number of nitrogens with zero attached hydrogens (tertiary/aromatic N) is 4. The van der Waals surface area contributed by atoms with Gasteiger partial charge in [0.25, 0.3) is 0 Å². The molecule has 0 unspecified atom stereocenters. The third kappa shape index (κ3) is 4.42. The summed E-state index contributed by atoms with van der Waals surface area (Å²) in [5.41, 5.74) is -1.04. The van der Waals surface area contributed by atoms with Gasteiger partial charge in [-0.05, 0) is 19.1 Å². The molecule has 0 N–H and O–H groups in total. The minimum atomic E-state index is -4.91. The normalized spacial score (nSPS) is 15.0. The number of benzene rings is 1. The molecule has 1 aliphatic rings. The Bertz CT molecular complexity index is 908. The van der Waals surface area contributed by atoms with Crippen LogP contribution in [0.25, 0.3) is 0 Å². The monoisotopic (exact) mass is 434 g/mol. The molecule has 2 heterocycles. The molecule has 0 atom stereocenters. The zero-order valence-electron chi connectivity index (χ0n) is 15.8. The minimum Gasteiger partial charge on any atom is -0.495 e. The quantitative estimate of drug-likeness (QED) is 0.692. The summed E-state index contributed by atoms with van der Waals surface area (Å²) in [4.78, 5) is 16.1. The zero-order valence-corrected chi connectivity index (χ0v) is 16.5. The van der Waals surface area contributed by atoms with Crippen LogP contribution in [0.5, 0.6) is 5.75 Å². The molecule has 1 amide bonds. The van der Waals surface area contributed by atoms with Crippen LogP contribution in [0.4, 0.5) is 23.2 Å². The molecular formula is C18H19ClF4N4O2. The van der Waals surface area contributed by atoms with Gasteiger partial charge in [0.1, 0.15) is 12.3 Å². The minimum absolute atomic E-state index is 0.322. The molecule has 3 rings (SSSR count). The predicted molar refractivity (Wildman–Crippen MR) is 98.7 cm³/mol. The second-order valence-corrected chi connectivity index (χ2v) is 7.00. The van der Waals surface area contributed by atoms with Gasteiger partial charge in [-0.25, -0.2) is 4.39 Å². The lowest BCUT2D eigenvalue weighted by Gasteiger charge is -2.36. The van der Waals surface area contributed by atoms with Crippen molar-refractivity contribution < 1.29 is 27.1 Å². The second-order valence-electron chi connectivity index (χ2n) is 6.59. The van der Waals surface area contributed by atoms with Crippen molar-refractivity contribution in [2.75, 3.05) is 38.2 Å². The van der Waals surface area contributed by atoms with Crippen LogP contribution in [0, 0.1) is 12.7 Å². The number of rotatable bonds is 4. The summed E-state index contributed by atoms with van der Waals surface area (Å²) in [5, 5.41) is 3.73. The summed E-state index contributed by atoms with van der Waals surface area (Å²) in [7, 11) is 1.52. The Hall–Kier alpha value is -2.49. The molecule has 1 aromatic carbocycles. The molecule has 29 heavy (non-hydrogen) atoms. The van der Waals surface area contributed by atoms with E-state index in [0.29, 0.717) is 37.0 Å². The van der Waals surface area contributed by atoms with Crippen molar-refractivity contribution in [2.45, 2.75) is 19.6 Å². The average Bonchev–Trinajstić information content (AvgIpc) is 2.97. The number of hydrogen-bond acceptors (Lipinski definition) is 4. The van der Waals surface area contributed by atoms with Crippen molar-refractivity contribution in [3.05, 3.63) is 40.4 Å². The zero-order chi connectivity index (χ0) is 21.3. The fourth-order valence-corrected chi connectivity index (χ4v) is 3.34. The van der Waals surface area contributed by atoms with E-state index in [1.165, 1.54) is 12.0 Å². The largest absolute Gasteiger partial charge is 0.495 e. The molecule has 1 aliphatic heterocycles. The summed E-state index contributed by atoms with van der Waals surface area (Å²) >= 11 is 6.03. The van der Waals surface area contributed by atoms with E-state index in [9.17, 15) is 22.4 Å². The van der Waals surface area contributed by atoms with Gasteiger partial charge in [0.05, 0.1) is 17.8 Å². The van der Waals surface area contributed by atoms with Gasteiger partial charge in [-0.1, -0.05) is 11.6 Å². The molecule has 2 aromatic rings. The Kier molecular flexibility index (Phi) is 5.92. The Labute approximate surface area is 169 Å². The van der Waals surface area contributed by atoms with Crippen molar-refractivity contribution in [2.24, 2.45) is 0 Å². The van der Waals surface area contributed by atoms with Gasteiger partial charge in [0.2, 0.25) is 11.6 Å². The summed E-state index contributed by atoms with van der Waals surface area (Å²) in [5.74, 6) is -1.33. The van der Waals surface area contributed by atoms with E-state index in [1.54, 1.807) is 12.1 Å². The highest BCUT2D eigenvalue weighted by Crippen LogP contribution is 2.32. The highest BCUT2D eigenvalue weighted by Gasteiger charge is 2.39. The first-order chi connectivity index (χ1) is 13.6. The van der Waals surface area contributed by atoms with Crippen molar-refractivity contribution >= 4 is 23.2 Å². The molecule has 6 nitrogen and oxygen atoms in total. The van der Waals surface area contributed by atoms with Gasteiger partial charge in [-0.3, -0.25) is 9.48 Å². The van der Waals surface area contributed by atoms with E-state index in [4.69, 9.17) is 16.3 Å². The number of methoxy groups -OCH3 is 1. The molecule has 0 bridgehead atoms. The first kappa shape index (κ1) is 21.2. The fourth-order valence-electron chi connectivity index (χ4n) is 3.15. The molecule has 11 heteroatoms. The molecule has 0 aliphatic carbocycles. The molecule has 0 spiro atoms. The summed E-state index contributed by atoms with van der Waals surface area (Å²) in [6.45, 7) is 2.51. The third-order valence-corrected chi connectivity index (χ3v) is 5.13. The average molecular weight is 435 g/mol. The van der Waals surface area contributed by atoms with Crippen LogP contribution in [0.1, 0.15) is 11.4 Å². The van der Waals surface area contributed by atoms with E-state index >= 15 is 0 Å². The Morgan fingerprint density at radius 1 is 1.24 bits per heavy atom. The smallest absolute Gasteiger partial charge is 0.438 e. The number of piperazine rings is 1. The number of ether oxygens (including phenoxy) is 1.